The van der Waals surface area contributed by atoms with Crippen molar-refractivity contribution in [1.29, 1.82) is 0 Å². The highest BCUT2D eigenvalue weighted by molar-refractivity contribution is 6.30. The minimum absolute atomic E-state index is 0.447. The van der Waals surface area contributed by atoms with Crippen molar-refractivity contribution in [3.63, 3.8) is 0 Å². The van der Waals surface area contributed by atoms with Crippen molar-refractivity contribution < 1.29 is 10.2 Å². The van der Waals surface area contributed by atoms with Gasteiger partial charge < -0.3 is 10.2 Å². The Morgan fingerprint density at radius 2 is 1.11 bits per heavy atom. The number of hydrogen-bond donors (Lipinski definition) is 2. The SMILES string of the molecule is OC1(O)C(c2cccc3ccccc23)=c2ccccc2=CC1(c1ccc(Cl)cc1)c1ccc(Cl)cc1. The van der Waals surface area contributed by atoms with Crippen molar-refractivity contribution in [3.05, 3.63) is 152 Å². The first-order valence-corrected chi connectivity index (χ1v) is 12.4. The largest absolute Gasteiger partial charge is 0.361 e. The minimum Gasteiger partial charge on any atom is -0.361 e. The predicted molar refractivity (Wildman–Crippen MR) is 147 cm³/mol. The van der Waals surface area contributed by atoms with Gasteiger partial charge in [0.25, 0.3) is 0 Å². The zero-order valence-corrected chi connectivity index (χ0v) is 20.7. The molecule has 0 aliphatic heterocycles. The molecule has 176 valence electrons. The van der Waals surface area contributed by atoms with E-state index >= 15 is 0 Å². The maximum absolute atomic E-state index is 12.5. The maximum atomic E-state index is 12.5. The van der Waals surface area contributed by atoms with Crippen LogP contribution in [0.3, 0.4) is 0 Å². The molecule has 36 heavy (non-hydrogen) atoms. The fourth-order valence-corrected chi connectivity index (χ4v) is 5.76. The molecule has 1 aliphatic rings. The second-order valence-corrected chi connectivity index (χ2v) is 10.0. The fraction of sp³-hybridized carbons (Fsp3) is 0.0625. The zero-order valence-electron chi connectivity index (χ0n) is 19.2. The van der Waals surface area contributed by atoms with Gasteiger partial charge in [-0.1, -0.05) is 120 Å². The third-order valence-corrected chi connectivity index (χ3v) is 7.66. The molecule has 2 N–H and O–H groups in total. The van der Waals surface area contributed by atoms with Gasteiger partial charge in [0.05, 0.1) is 5.41 Å². The van der Waals surface area contributed by atoms with Gasteiger partial charge in [0, 0.05) is 15.6 Å². The first-order valence-electron chi connectivity index (χ1n) is 11.7. The van der Waals surface area contributed by atoms with Crippen LogP contribution < -0.4 is 10.4 Å². The van der Waals surface area contributed by atoms with E-state index in [0.29, 0.717) is 26.7 Å². The molecule has 0 radical (unpaired) electrons. The van der Waals surface area contributed by atoms with E-state index in [1.807, 2.05) is 97.1 Å². The van der Waals surface area contributed by atoms with Gasteiger partial charge in [0.2, 0.25) is 5.79 Å². The number of halogens is 2. The summed E-state index contributed by atoms with van der Waals surface area (Å²) < 4.78 is 0. The van der Waals surface area contributed by atoms with Crippen LogP contribution in [0.5, 0.6) is 0 Å². The molecule has 0 fully saturated rings. The summed E-state index contributed by atoms with van der Waals surface area (Å²) in [6.45, 7) is 0. The lowest BCUT2D eigenvalue weighted by Crippen LogP contribution is -2.59. The van der Waals surface area contributed by atoms with Gasteiger partial charge in [-0.25, -0.2) is 0 Å². The summed E-state index contributed by atoms with van der Waals surface area (Å²) in [4.78, 5) is 0. The Morgan fingerprint density at radius 1 is 0.556 bits per heavy atom. The van der Waals surface area contributed by atoms with Crippen LogP contribution in [0, 0.1) is 0 Å². The Kier molecular flexibility index (Phi) is 5.51. The molecule has 0 unspecified atom stereocenters. The first-order chi connectivity index (χ1) is 17.4. The van der Waals surface area contributed by atoms with Crippen LogP contribution >= 0.6 is 23.2 Å². The number of fused-ring (bicyclic) bond motifs is 2. The Labute approximate surface area is 219 Å². The Hall–Kier alpha value is -3.40. The molecule has 4 heteroatoms. The third-order valence-electron chi connectivity index (χ3n) is 7.16. The monoisotopic (exact) mass is 508 g/mol. The molecule has 2 nitrogen and oxygen atoms in total. The van der Waals surface area contributed by atoms with Crippen LogP contribution in [-0.4, -0.2) is 16.0 Å². The van der Waals surface area contributed by atoms with E-state index < -0.39 is 11.2 Å². The summed E-state index contributed by atoms with van der Waals surface area (Å²) in [7, 11) is 0. The van der Waals surface area contributed by atoms with Crippen molar-refractivity contribution in [2.24, 2.45) is 0 Å². The highest BCUT2D eigenvalue weighted by Gasteiger charge is 2.55. The molecular weight excluding hydrogens is 487 g/mol. The van der Waals surface area contributed by atoms with E-state index in [-0.39, 0.29) is 0 Å². The molecule has 0 heterocycles. The van der Waals surface area contributed by atoms with Crippen molar-refractivity contribution >= 4 is 45.6 Å². The van der Waals surface area contributed by atoms with Gasteiger partial charge in [-0.2, -0.15) is 0 Å². The maximum Gasteiger partial charge on any atom is 0.208 e. The standard InChI is InChI=1S/C32H22Cl2O2/c33-25-16-12-23(13-17-25)31(24-14-18-26(34)19-15-24)20-22-7-2-4-10-28(22)30(32(31,35)36)29-11-5-8-21-6-1-3-9-27(21)29/h1-20,35-36H. The molecule has 0 saturated carbocycles. The topological polar surface area (TPSA) is 40.5 Å². The average Bonchev–Trinajstić information content (AvgIpc) is 2.89. The van der Waals surface area contributed by atoms with E-state index in [1.165, 1.54) is 0 Å². The van der Waals surface area contributed by atoms with Crippen LogP contribution in [0.2, 0.25) is 10.0 Å². The van der Waals surface area contributed by atoms with Gasteiger partial charge in [-0.3, -0.25) is 0 Å². The predicted octanol–water partition coefficient (Wildman–Crippen LogP) is 5.81. The molecule has 0 amide bonds. The summed E-state index contributed by atoms with van der Waals surface area (Å²) in [5.41, 5.74) is 1.27. The lowest BCUT2D eigenvalue weighted by atomic mass is 9.62. The Morgan fingerprint density at radius 3 is 1.78 bits per heavy atom. The summed E-state index contributed by atoms with van der Waals surface area (Å²) in [5.74, 6) is -2.33. The molecular formula is C32H22Cl2O2. The second kappa shape index (κ2) is 8.62. The lowest BCUT2D eigenvalue weighted by Gasteiger charge is -2.46. The smallest absolute Gasteiger partial charge is 0.208 e. The molecule has 5 aromatic rings. The summed E-state index contributed by atoms with van der Waals surface area (Å²) in [6, 6.07) is 36.3. The third kappa shape index (κ3) is 3.42. The van der Waals surface area contributed by atoms with Crippen molar-refractivity contribution in [2.45, 2.75) is 11.2 Å². The molecule has 0 aromatic heterocycles. The number of aliphatic hydroxyl groups is 2. The van der Waals surface area contributed by atoms with E-state index in [1.54, 1.807) is 24.3 Å². The van der Waals surface area contributed by atoms with Crippen LogP contribution in [-0.2, 0) is 5.41 Å². The first kappa shape index (κ1) is 23.0. The molecule has 0 atom stereocenters. The number of rotatable bonds is 3. The van der Waals surface area contributed by atoms with Gasteiger partial charge in [-0.15, -0.1) is 0 Å². The highest BCUT2D eigenvalue weighted by atomic mass is 35.5. The average molecular weight is 509 g/mol. The van der Waals surface area contributed by atoms with E-state index in [2.05, 4.69) is 0 Å². The Bertz CT molecular complexity index is 1670. The molecule has 6 rings (SSSR count). The van der Waals surface area contributed by atoms with Crippen LogP contribution in [0.4, 0.5) is 0 Å². The highest BCUT2D eigenvalue weighted by Crippen LogP contribution is 2.49. The summed E-state index contributed by atoms with van der Waals surface area (Å²) in [5, 5.41) is 29.7. The van der Waals surface area contributed by atoms with Gasteiger partial charge in [-0.05, 0) is 62.2 Å². The quantitative estimate of drug-likeness (QED) is 0.302. The van der Waals surface area contributed by atoms with E-state index in [9.17, 15) is 10.2 Å². The molecule has 0 bridgehead atoms. The molecule has 0 spiro atoms. The van der Waals surface area contributed by atoms with Gasteiger partial charge in [0.15, 0.2) is 0 Å². The fourth-order valence-electron chi connectivity index (χ4n) is 5.51. The number of benzene rings is 5. The van der Waals surface area contributed by atoms with Crippen LogP contribution in [0.1, 0.15) is 16.7 Å². The van der Waals surface area contributed by atoms with Crippen LogP contribution in [0.15, 0.2) is 115 Å². The van der Waals surface area contributed by atoms with Crippen LogP contribution in [0.25, 0.3) is 22.4 Å². The second-order valence-electron chi connectivity index (χ2n) is 9.13. The molecule has 5 aromatic carbocycles. The lowest BCUT2D eigenvalue weighted by molar-refractivity contribution is -0.137. The molecule has 1 aliphatic carbocycles. The Balaban J connectivity index is 1.79. The normalized spacial score (nSPS) is 15.8. The van der Waals surface area contributed by atoms with Crippen molar-refractivity contribution in [3.8, 4) is 0 Å². The van der Waals surface area contributed by atoms with Gasteiger partial charge in [0.1, 0.15) is 0 Å². The van der Waals surface area contributed by atoms with Crippen molar-refractivity contribution in [1.82, 2.24) is 0 Å². The molecule has 0 saturated heterocycles. The zero-order chi connectivity index (χ0) is 24.9. The number of hydrogen-bond acceptors (Lipinski definition) is 2. The summed E-state index contributed by atoms with van der Waals surface area (Å²) in [6.07, 6.45) is 1.95. The van der Waals surface area contributed by atoms with E-state index in [4.69, 9.17) is 23.2 Å². The van der Waals surface area contributed by atoms with Crippen molar-refractivity contribution in [2.75, 3.05) is 0 Å². The summed E-state index contributed by atoms with van der Waals surface area (Å²) >= 11 is 12.5. The minimum atomic E-state index is -2.33. The van der Waals surface area contributed by atoms with Gasteiger partial charge >= 0.3 is 0 Å². The van der Waals surface area contributed by atoms with E-state index in [0.717, 1.165) is 26.8 Å².